The van der Waals surface area contributed by atoms with Crippen molar-refractivity contribution in [2.24, 2.45) is 5.41 Å². The van der Waals surface area contributed by atoms with Crippen LogP contribution in [0.3, 0.4) is 0 Å². The topological polar surface area (TPSA) is 90.3 Å². The van der Waals surface area contributed by atoms with E-state index >= 15 is 0 Å². The van der Waals surface area contributed by atoms with Crippen LogP contribution in [0.25, 0.3) is 0 Å². The SMILES string of the molecule is N#C[C@@H]1C[C@@]2(CN1C(=O)C1(C(=O)c3ccccc3)CC1)C(=O)Nc1ccccc12. The summed E-state index contributed by atoms with van der Waals surface area (Å²) in [5.74, 6) is -0.711. The van der Waals surface area contributed by atoms with Gasteiger partial charge in [0, 0.05) is 24.2 Å². The molecule has 144 valence electrons. The standard InChI is InChI=1S/C23H19N3O3/c24-13-16-12-23(17-8-4-5-9-18(17)25-20(23)28)14-26(16)21(29)22(10-11-22)19(27)15-6-2-1-3-7-15/h1-9,16H,10-12,14H2,(H,25,28)/t16-,23-/m0/s1. The van der Waals surface area contributed by atoms with Crippen molar-refractivity contribution >= 4 is 23.3 Å². The van der Waals surface area contributed by atoms with Crippen molar-refractivity contribution in [1.29, 1.82) is 5.26 Å². The molecule has 2 fully saturated rings. The number of ketones is 1. The summed E-state index contributed by atoms with van der Waals surface area (Å²) in [5, 5.41) is 12.6. The normalized spacial score (nSPS) is 26.0. The molecule has 0 unspecified atom stereocenters. The fourth-order valence-corrected chi connectivity index (χ4v) is 4.77. The molecule has 2 aliphatic heterocycles. The predicted molar refractivity (Wildman–Crippen MR) is 105 cm³/mol. The van der Waals surface area contributed by atoms with Gasteiger partial charge in [0.15, 0.2) is 5.78 Å². The third kappa shape index (κ3) is 2.37. The number of hydrogen-bond acceptors (Lipinski definition) is 4. The lowest BCUT2D eigenvalue weighted by molar-refractivity contribution is -0.135. The zero-order valence-electron chi connectivity index (χ0n) is 15.7. The number of carbonyl (C=O) groups is 3. The van der Waals surface area contributed by atoms with E-state index in [0.717, 1.165) is 11.3 Å². The average Bonchev–Trinajstić information content (AvgIpc) is 3.40. The van der Waals surface area contributed by atoms with E-state index in [2.05, 4.69) is 11.4 Å². The molecule has 0 radical (unpaired) electrons. The number of para-hydroxylation sites is 1. The van der Waals surface area contributed by atoms with E-state index in [1.54, 1.807) is 24.3 Å². The molecular formula is C23H19N3O3. The summed E-state index contributed by atoms with van der Waals surface area (Å²) < 4.78 is 0. The number of fused-ring (bicyclic) bond motifs is 2. The highest BCUT2D eigenvalue weighted by molar-refractivity contribution is 6.17. The molecule has 1 N–H and O–H groups in total. The number of nitrogens with one attached hydrogen (secondary N) is 1. The van der Waals surface area contributed by atoms with Crippen LogP contribution in [0.4, 0.5) is 5.69 Å². The second-order valence-corrected chi connectivity index (χ2v) is 8.14. The number of nitrogens with zero attached hydrogens (tertiary/aromatic N) is 2. The number of likely N-dealkylation sites (tertiary alicyclic amines) is 1. The number of amides is 2. The summed E-state index contributed by atoms with van der Waals surface area (Å²) in [6, 6.07) is 17.6. The van der Waals surface area contributed by atoms with E-state index in [0.29, 0.717) is 18.4 Å². The van der Waals surface area contributed by atoms with Crippen molar-refractivity contribution in [3.05, 3.63) is 65.7 Å². The molecule has 1 aliphatic carbocycles. The molecule has 2 aromatic carbocycles. The summed E-state index contributed by atoms with van der Waals surface area (Å²) in [7, 11) is 0. The fourth-order valence-electron chi connectivity index (χ4n) is 4.77. The summed E-state index contributed by atoms with van der Waals surface area (Å²) in [6.45, 7) is 0.122. The van der Waals surface area contributed by atoms with Crippen molar-refractivity contribution in [1.82, 2.24) is 4.90 Å². The molecule has 1 spiro atoms. The highest BCUT2D eigenvalue weighted by atomic mass is 16.2. The highest BCUT2D eigenvalue weighted by Gasteiger charge is 2.63. The number of rotatable bonds is 3. The van der Waals surface area contributed by atoms with Crippen molar-refractivity contribution in [2.75, 3.05) is 11.9 Å². The zero-order valence-corrected chi connectivity index (χ0v) is 15.7. The molecule has 2 aromatic rings. The van der Waals surface area contributed by atoms with Crippen LogP contribution in [0.1, 0.15) is 35.2 Å². The van der Waals surface area contributed by atoms with E-state index in [4.69, 9.17) is 0 Å². The highest BCUT2D eigenvalue weighted by Crippen LogP contribution is 2.53. The molecular weight excluding hydrogens is 366 g/mol. The lowest BCUT2D eigenvalue weighted by Gasteiger charge is -2.26. The van der Waals surface area contributed by atoms with Gasteiger partial charge in [-0.2, -0.15) is 5.26 Å². The smallest absolute Gasteiger partial charge is 0.237 e. The molecule has 6 nitrogen and oxygen atoms in total. The maximum Gasteiger partial charge on any atom is 0.237 e. The lowest BCUT2D eigenvalue weighted by atomic mass is 9.80. The quantitative estimate of drug-likeness (QED) is 0.650. The van der Waals surface area contributed by atoms with Crippen molar-refractivity contribution < 1.29 is 14.4 Å². The molecule has 0 aromatic heterocycles. The number of anilines is 1. The van der Waals surface area contributed by atoms with Gasteiger partial charge in [0.05, 0.1) is 11.5 Å². The first-order valence-corrected chi connectivity index (χ1v) is 9.73. The van der Waals surface area contributed by atoms with Gasteiger partial charge < -0.3 is 10.2 Å². The minimum absolute atomic E-state index is 0.122. The molecule has 1 saturated carbocycles. The number of nitriles is 1. The van der Waals surface area contributed by atoms with Crippen LogP contribution in [0.15, 0.2) is 54.6 Å². The van der Waals surface area contributed by atoms with Gasteiger partial charge in [-0.15, -0.1) is 0 Å². The molecule has 2 heterocycles. The van der Waals surface area contributed by atoms with Crippen LogP contribution in [0.2, 0.25) is 0 Å². The molecule has 3 aliphatic rings. The first kappa shape index (κ1) is 17.6. The Balaban J connectivity index is 1.49. The average molecular weight is 385 g/mol. The monoisotopic (exact) mass is 385 g/mol. The Morgan fingerprint density at radius 1 is 1.07 bits per heavy atom. The zero-order chi connectivity index (χ0) is 20.2. The van der Waals surface area contributed by atoms with E-state index in [1.807, 2.05) is 30.3 Å². The lowest BCUT2D eigenvalue weighted by Crippen LogP contribution is -2.45. The van der Waals surface area contributed by atoms with Gasteiger partial charge in [0.25, 0.3) is 0 Å². The molecule has 5 rings (SSSR count). The van der Waals surface area contributed by atoms with Gasteiger partial charge in [-0.1, -0.05) is 48.5 Å². The van der Waals surface area contributed by atoms with Crippen LogP contribution < -0.4 is 5.32 Å². The Bertz CT molecular complexity index is 1080. The minimum Gasteiger partial charge on any atom is -0.325 e. The second-order valence-electron chi connectivity index (χ2n) is 8.14. The van der Waals surface area contributed by atoms with Gasteiger partial charge in [-0.3, -0.25) is 14.4 Å². The van der Waals surface area contributed by atoms with Crippen molar-refractivity contribution in [2.45, 2.75) is 30.7 Å². The van der Waals surface area contributed by atoms with Crippen LogP contribution in [-0.4, -0.2) is 35.1 Å². The Kier molecular flexibility index (Phi) is 3.66. The van der Waals surface area contributed by atoms with Crippen LogP contribution in [0.5, 0.6) is 0 Å². The van der Waals surface area contributed by atoms with Crippen LogP contribution in [0, 0.1) is 16.7 Å². The largest absolute Gasteiger partial charge is 0.325 e. The summed E-state index contributed by atoms with van der Waals surface area (Å²) >= 11 is 0. The maximum atomic E-state index is 13.5. The molecule has 1 saturated heterocycles. The third-order valence-corrected chi connectivity index (χ3v) is 6.52. The van der Waals surface area contributed by atoms with Gasteiger partial charge in [-0.25, -0.2) is 0 Å². The third-order valence-electron chi connectivity index (χ3n) is 6.52. The maximum absolute atomic E-state index is 13.5. The number of hydrogen-bond donors (Lipinski definition) is 1. The minimum atomic E-state index is -1.10. The second kappa shape index (κ2) is 6.02. The number of carbonyl (C=O) groups excluding carboxylic acids is 3. The molecule has 0 bridgehead atoms. The van der Waals surface area contributed by atoms with Gasteiger partial charge in [0.1, 0.15) is 11.5 Å². The van der Waals surface area contributed by atoms with E-state index < -0.39 is 16.9 Å². The molecule has 6 heteroatoms. The summed E-state index contributed by atoms with van der Waals surface area (Å²) in [5.41, 5.74) is 0.0178. The van der Waals surface area contributed by atoms with Gasteiger partial charge in [0.2, 0.25) is 11.8 Å². The molecule has 2 atom stereocenters. The summed E-state index contributed by atoms with van der Waals surface area (Å²) in [4.78, 5) is 40.9. The van der Waals surface area contributed by atoms with Gasteiger partial charge >= 0.3 is 0 Å². The van der Waals surface area contributed by atoms with Gasteiger partial charge in [-0.05, 0) is 24.5 Å². The number of Topliss-reactive ketones (excluding diaryl/α,β-unsaturated/α-hetero) is 1. The molecule has 2 amide bonds. The molecule has 29 heavy (non-hydrogen) atoms. The fraction of sp³-hybridized carbons (Fsp3) is 0.304. The Morgan fingerprint density at radius 2 is 1.76 bits per heavy atom. The van der Waals surface area contributed by atoms with Crippen LogP contribution >= 0.6 is 0 Å². The predicted octanol–water partition coefficient (Wildman–Crippen LogP) is 2.66. The Labute approximate surface area is 168 Å². The van der Waals surface area contributed by atoms with Crippen molar-refractivity contribution in [3.63, 3.8) is 0 Å². The van der Waals surface area contributed by atoms with E-state index in [-0.39, 0.29) is 30.6 Å². The Hall–Kier alpha value is -3.46. The first-order chi connectivity index (χ1) is 14.0. The van der Waals surface area contributed by atoms with E-state index in [1.165, 1.54) is 4.90 Å². The Morgan fingerprint density at radius 3 is 2.45 bits per heavy atom. The summed E-state index contributed by atoms with van der Waals surface area (Å²) in [6.07, 6.45) is 1.20. The first-order valence-electron chi connectivity index (χ1n) is 9.73. The number of benzene rings is 2. The van der Waals surface area contributed by atoms with E-state index in [9.17, 15) is 19.6 Å². The van der Waals surface area contributed by atoms with Crippen LogP contribution in [-0.2, 0) is 15.0 Å². The van der Waals surface area contributed by atoms with Crippen molar-refractivity contribution in [3.8, 4) is 6.07 Å².